The lowest BCUT2D eigenvalue weighted by molar-refractivity contribution is -0.136. The van der Waals surface area contributed by atoms with Gasteiger partial charge in [-0.25, -0.2) is 13.2 Å². The normalized spacial score (nSPS) is 18.0. The van der Waals surface area contributed by atoms with E-state index >= 15 is 0 Å². The number of benzene rings is 1. The van der Waals surface area contributed by atoms with Gasteiger partial charge in [0.25, 0.3) is 5.91 Å². The second kappa shape index (κ2) is 9.07. The van der Waals surface area contributed by atoms with Gasteiger partial charge in [-0.2, -0.15) is 0 Å². The number of methoxy groups -OCH3 is 2. The van der Waals surface area contributed by atoms with E-state index in [0.717, 1.165) is 0 Å². The van der Waals surface area contributed by atoms with E-state index in [4.69, 9.17) is 14.2 Å². The molecule has 2 rings (SSSR count). The highest BCUT2D eigenvalue weighted by atomic mass is 32.2. The fourth-order valence-corrected chi connectivity index (χ4v) is 4.84. The number of amides is 1. The van der Waals surface area contributed by atoms with Gasteiger partial charge in [-0.3, -0.25) is 4.79 Å². The standard InChI is InChI=1S/C18H25NO7S/c1-4-9-19(13-8-10-27(22,23)12-13)16(20)11-26-18(21)14-6-5-7-15(24-2)17(14)25-3/h5-7,13H,4,8-12H2,1-3H3/t13-/m0/s1. The maximum atomic E-state index is 12.5. The first-order chi connectivity index (χ1) is 12.8. The highest BCUT2D eigenvalue weighted by Gasteiger charge is 2.34. The Morgan fingerprint density at radius 2 is 1.96 bits per heavy atom. The quantitative estimate of drug-likeness (QED) is 0.607. The molecule has 0 spiro atoms. The number of esters is 1. The molecule has 8 nitrogen and oxygen atoms in total. The number of carbonyl (C=O) groups is 2. The van der Waals surface area contributed by atoms with Gasteiger partial charge in [0, 0.05) is 12.6 Å². The van der Waals surface area contributed by atoms with Crippen LogP contribution in [0.1, 0.15) is 30.1 Å². The first kappa shape index (κ1) is 21.0. The third kappa shape index (κ3) is 5.12. The van der Waals surface area contributed by atoms with Crippen LogP contribution in [0.3, 0.4) is 0 Å². The minimum Gasteiger partial charge on any atom is -0.493 e. The summed E-state index contributed by atoms with van der Waals surface area (Å²) in [5.74, 6) is -0.488. The first-order valence-electron chi connectivity index (χ1n) is 8.71. The number of ether oxygens (including phenoxy) is 3. The number of hydrogen-bond donors (Lipinski definition) is 0. The van der Waals surface area contributed by atoms with Gasteiger partial charge in [0.05, 0.1) is 25.7 Å². The number of nitrogens with zero attached hydrogens (tertiary/aromatic N) is 1. The highest BCUT2D eigenvalue weighted by molar-refractivity contribution is 7.91. The van der Waals surface area contributed by atoms with Gasteiger partial charge in [-0.15, -0.1) is 0 Å². The van der Waals surface area contributed by atoms with Crippen LogP contribution in [0.25, 0.3) is 0 Å². The van der Waals surface area contributed by atoms with E-state index in [0.29, 0.717) is 25.1 Å². The molecule has 0 saturated carbocycles. The first-order valence-corrected chi connectivity index (χ1v) is 10.5. The molecule has 1 aliphatic rings. The molecule has 1 aliphatic heterocycles. The molecular formula is C18H25NO7S. The lowest BCUT2D eigenvalue weighted by Gasteiger charge is -2.27. The molecule has 0 bridgehead atoms. The van der Waals surface area contributed by atoms with Crippen molar-refractivity contribution in [2.75, 3.05) is 38.9 Å². The molecule has 150 valence electrons. The Hall–Kier alpha value is -2.29. The van der Waals surface area contributed by atoms with E-state index in [1.54, 1.807) is 12.1 Å². The second-order valence-corrected chi connectivity index (χ2v) is 8.49. The average molecular weight is 399 g/mol. The van der Waals surface area contributed by atoms with E-state index in [9.17, 15) is 18.0 Å². The Kier molecular flexibility index (Phi) is 7.06. The topological polar surface area (TPSA) is 99.2 Å². The zero-order chi connectivity index (χ0) is 20.0. The molecule has 0 N–H and O–H groups in total. The average Bonchev–Trinajstić information content (AvgIpc) is 3.02. The molecule has 1 saturated heterocycles. The summed E-state index contributed by atoms with van der Waals surface area (Å²) in [4.78, 5) is 26.4. The number of sulfone groups is 1. The predicted octanol–water partition coefficient (Wildman–Crippen LogP) is 1.29. The molecule has 1 aromatic carbocycles. The molecule has 0 aliphatic carbocycles. The summed E-state index contributed by atoms with van der Waals surface area (Å²) in [5.41, 5.74) is 0.148. The van der Waals surface area contributed by atoms with Crippen LogP contribution < -0.4 is 9.47 Å². The molecule has 0 aromatic heterocycles. The predicted molar refractivity (Wildman–Crippen MR) is 98.9 cm³/mol. The summed E-state index contributed by atoms with van der Waals surface area (Å²) in [5, 5.41) is 0. The van der Waals surface area contributed by atoms with Crippen molar-refractivity contribution in [3.8, 4) is 11.5 Å². The number of rotatable bonds is 8. The van der Waals surface area contributed by atoms with Gasteiger partial charge in [0.2, 0.25) is 0 Å². The van der Waals surface area contributed by atoms with E-state index in [2.05, 4.69) is 0 Å². The number of para-hydroxylation sites is 1. The maximum absolute atomic E-state index is 12.5. The Balaban J connectivity index is 2.06. The Morgan fingerprint density at radius 3 is 2.52 bits per heavy atom. The smallest absolute Gasteiger partial charge is 0.342 e. The van der Waals surface area contributed by atoms with Crippen molar-refractivity contribution in [2.24, 2.45) is 0 Å². The van der Waals surface area contributed by atoms with Crippen LogP contribution in [0, 0.1) is 0 Å². The van der Waals surface area contributed by atoms with Gasteiger partial charge in [0.15, 0.2) is 27.9 Å². The van der Waals surface area contributed by atoms with Crippen LogP contribution >= 0.6 is 0 Å². The maximum Gasteiger partial charge on any atom is 0.342 e. The summed E-state index contributed by atoms with van der Waals surface area (Å²) in [7, 11) is -0.256. The van der Waals surface area contributed by atoms with Crippen LogP contribution in [-0.4, -0.2) is 70.1 Å². The van der Waals surface area contributed by atoms with Crippen molar-refractivity contribution >= 4 is 21.7 Å². The van der Waals surface area contributed by atoms with E-state index < -0.39 is 28.3 Å². The van der Waals surface area contributed by atoms with Crippen LogP contribution in [-0.2, 0) is 19.4 Å². The summed E-state index contributed by atoms with van der Waals surface area (Å²) in [6, 6.07) is 4.41. The Labute approximate surface area is 159 Å². The lowest BCUT2D eigenvalue weighted by atomic mass is 10.2. The molecule has 1 aromatic rings. The van der Waals surface area contributed by atoms with Crippen molar-refractivity contribution in [1.29, 1.82) is 0 Å². The molecule has 0 radical (unpaired) electrons. The van der Waals surface area contributed by atoms with Crippen molar-refractivity contribution in [1.82, 2.24) is 4.90 Å². The third-order valence-corrected chi connectivity index (χ3v) is 6.13. The zero-order valence-corrected chi connectivity index (χ0v) is 16.6. The molecule has 1 heterocycles. The molecule has 0 unspecified atom stereocenters. The van der Waals surface area contributed by atoms with Gasteiger partial charge in [-0.05, 0) is 25.0 Å². The van der Waals surface area contributed by atoms with Gasteiger partial charge in [0.1, 0.15) is 5.56 Å². The molecule has 1 fully saturated rings. The van der Waals surface area contributed by atoms with Crippen molar-refractivity contribution in [3.05, 3.63) is 23.8 Å². The number of hydrogen-bond acceptors (Lipinski definition) is 7. The van der Waals surface area contributed by atoms with Gasteiger partial charge >= 0.3 is 5.97 Å². The summed E-state index contributed by atoms with van der Waals surface area (Å²) in [6.45, 7) is 1.85. The summed E-state index contributed by atoms with van der Waals surface area (Å²) < 4.78 is 38.9. The van der Waals surface area contributed by atoms with E-state index in [1.165, 1.54) is 25.2 Å². The van der Waals surface area contributed by atoms with Gasteiger partial charge in [-0.1, -0.05) is 13.0 Å². The van der Waals surface area contributed by atoms with Crippen LogP contribution in [0.15, 0.2) is 18.2 Å². The van der Waals surface area contributed by atoms with Crippen molar-refractivity contribution in [2.45, 2.75) is 25.8 Å². The lowest BCUT2D eigenvalue weighted by Crippen LogP contribution is -2.43. The SMILES string of the molecule is CCCN(C(=O)COC(=O)c1cccc(OC)c1OC)[C@H]1CCS(=O)(=O)C1. The molecular weight excluding hydrogens is 374 g/mol. The van der Waals surface area contributed by atoms with E-state index in [-0.39, 0.29) is 28.9 Å². The van der Waals surface area contributed by atoms with Crippen molar-refractivity contribution < 1.29 is 32.2 Å². The Morgan fingerprint density at radius 1 is 1.22 bits per heavy atom. The van der Waals surface area contributed by atoms with E-state index in [1.807, 2.05) is 6.92 Å². The number of carbonyl (C=O) groups excluding carboxylic acids is 2. The fraction of sp³-hybridized carbons (Fsp3) is 0.556. The van der Waals surface area contributed by atoms with Crippen LogP contribution in [0.4, 0.5) is 0 Å². The Bertz CT molecular complexity index is 791. The summed E-state index contributed by atoms with van der Waals surface area (Å²) >= 11 is 0. The minimum atomic E-state index is -3.12. The summed E-state index contributed by atoms with van der Waals surface area (Å²) in [6.07, 6.45) is 1.09. The molecule has 1 atom stereocenters. The monoisotopic (exact) mass is 399 g/mol. The fourth-order valence-electron chi connectivity index (χ4n) is 3.11. The highest BCUT2D eigenvalue weighted by Crippen LogP contribution is 2.31. The second-order valence-electron chi connectivity index (χ2n) is 6.26. The van der Waals surface area contributed by atoms with Gasteiger partial charge < -0.3 is 19.1 Å². The largest absolute Gasteiger partial charge is 0.493 e. The van der Waals surface area contributed by atoms with Crippen LogP contribution in [0.2, 0.25) is 0 Å². The zero-order valence-electron chi connectivity index (χ0n) is 15.8. The minimum absolute atomic E-state index is 0.0452. The molecule has 9 heteroatoms. The van der Waals surface area contributed by atoms with Crippen LogP contribution in [0.5, 0.6) is 11.5 Å². The van der Waals surface area contributed by atoms with Crippen molar-refractivity contribution in [3.63, 3.8) is 0 Å². The third-order valence-electron chi connectivity index (χ3n) is 4.38. The molecule has 27 heavy (non-hydrogen) atoms. The molecule has 1 amide bonds.